The smallest absolute Gasteiger partial charge is 0.0967 e. The lowest BCUT2D eigenvalue weighted by atomic mass is 10.1. The van der Waals surface area contributed by atoms with E-state index in [0.717, 1.165) is 26.1 Å². The number of nitriles is 1. The van der Waals surface area contributed by atoms with Crippen molar-refractivity contribution in [2.75, 3.05) is 33.7 Å². The number of hydrogen-bond acceptors (Lipinski definition) is 4. The Morgan fingerprint density at radius 1 is 1.22 bits per heavy atom. The third-order valence-corrected chi connectivity index (χ3v) is 3.05. The maximum absolute atomic E-state index is 9.11. The van der Waals surface area contributed by atoms with Crippen LogP contribution in [0.3, 0.4) is 0 Å². The Morgan fingerprint density at radius 2 is 1.83 bits per heavy atom. The SMILES string of the molecule is CCN(CCC(C#N)NC(C)C)C(C)CN(C)C. The van der Waals surface area contributed by atoms with E-state index in [1.165, 1.54) is 0 Å². The van der Waals surface area contributed by atoms with Crippen LogP contribution in [0.2, 0.25) is 0 Å². The molecule has 0 bridgehead atoms. The monoisotopic (exact) mass is 254 g/mol. The van der Waals surface area contributed by atoms with Gasteiger partial charge in [-0.15, -0.1) is 0 Å². The molecule has 4 nitrogen and oxygen atoms in total. The number of hydrogen-bond donors (Lipinski definition) is 1. The molecule has 0 aliphatic carbocycles. The molecule has 0 spiro atoms. The molecular weight excluding hydrogens is 224 g/mol. The molecule has 0 saturated carbocycles. The first-order valence-corrected chi connectivity index (χ1v) is 6.95. The van der Waals surface area contributed by atoms with Crippen LogP contribution in [0.1, 0.15) is 34.1 Å². The quantitative estimate of drug-likeness (QED) is 0.678. The Balaban J connectivity index is 4.16. The molecule has 18 heavy (non-hydrogen) atoms. The molecule has 2 unspecified atom stereocenters. The van der Waals surface area contributed by atoms with E-state index in [0.29, 0.717) is 12.1 Å². The first-order chi connectivity index (χ1) is 8.40. The minimum atomic E-state index is -0.0365. The van der Waals surface area contributed by atoms with E-state index >= 15 is 0 Å². The molecule has 0 rings (SSSR count). The van der Waals surface area contributed by atoms with Crippen LogP contribution in [0, 0.1) is 11.3 Å². The number of nitrogens with one attached hydrogen (secondary N) is 1. The Kier molecular flexibility index (Phi) is 8.99. The maximum Gasteiger partial charge on any atom is 0.0967 e. The minimum absolute atomic E-state index is 0.0365. The average Bonchev–Trinajstić information content (AvgIpc) is 2.26. The molecule has 4 heteroatoms. The van der Waals surface area contributed by atoms with E-state index in [-0.39, 0.29) is 6.04 Å². The minimum Gasteiger partial charge on any atom is -0.308 e. The van der Waals surface area contributed by atoms with Gasteiger partial charge in [0.05, 0.1) is 12.1 Å². The predicted octanol–water partition coefficient (Wildman–Crippen LogP) is 1.54. The lowest BCUT2D eigenvalue weighted by Gasteiger charge is -2.30. The zero-order valence-corrected chi connectivity index (χ0v) is 12.9. The van der Waals surface area contributed by atoms with Gasteiger partial charge in [0.2, 0.25) is 0 Å². The lowest BCUT2D eigenvalue weighted by Crippen LogP contribution is -2.43. The van der Waals surface area contributed by atoms with Gasteiger partial charge in [0.15, 0.2) is 0 Å². The summed E-state index contributed by atoms with van der Waals surface area (Å²) in [6.45, 7) is 11.7. The number of likely N-dealkylation sites (N-methyl/N-ethyl adjacent to an activating group) is 2. The summed E-state index contributed by atoms with van der Waals surface area (Å²) < 4.78 is 0. The molecule has 2 atom stereocenters. The van der Waals surface area contributed by atoms with Crippen molar-refractivity contribution in [2.24, 2.45) is 0 Å². The predicted molar refractivity (Wildman–Crippen MR) is 77.6 cm³/mol. The molecule has 0 aromatic rings. The summed E-state index contributed by atoms with van der Waals surface area (Å²) in [5.74, 6) is 0. The highest BCUT2D eigenvalue weighted by molar-refractivity contribution is 4.91. The van der Waals surface area contributed by atoms with Gasteiger partial charge < -0.3 is 4.90 Å². The third kappa shape index (κ3) is 7.65. The van der Waals surface area contributed by atoms with Crippen LogP contribution in [-0.4, -0.2) is 61.7 Å². The van der Waals surface area contributed by atoms with Crippen LogP contribution in [0.25, 0.3) is 0 Å². The first kappa shape index (κ1) is 17.4. The second kappa shape index (κ2) is 9.32. The van der Waals surface area contributed by atoms with E-state index in [4.69, 9.17) is 5.26 Å². The number of rotatable bonds is 9. The van der Waals surface area contributed by atoms with Gasteiger partial charge in [0, 0.05) is 25.2 Å². The summed E-state index contributed by atoms with van der Waals surface area (Å²) in [5, 5.41) is 12.4. The largest absolute Gasteiger partial charge is 0.308 e. The first-order valence-electron chi connectivity index (χ1n) is 6.95. The van der Waals surface area contributed by atoms with E-state index in [2.05, 4.69) is 63.0 Å². The van der Waals surface area contributed by atoms with Gasteiger partial charge in [-0.05, 0) is 47.8 Å². The summed E-state index contributed by atoms with van der Waals surface area (Å²) >= 11 is 0. The van der Waals surface area contributed by atoms with Crippen LogP contribution < -0.4 is 5.32 Å². The Labute approximate surface area is 113 Å². The zero-order chi connectivity index (χ0) is 14.1. The van der Waals surface area contributed by atoms with Crippen LogP contribution in [0.5, 0.6) is 0 Å². The highest BCUT2D eigenvalue weighted by Gasteiger charge is 2.15. The molecule has 0 aromatic carbocycles. The molecule has 0 saturated heterocycles. The van der Waals surface area contributed by atoms with Crippen molar-refractivity contribution in [1.29, 1.82) is 5.26 Å². The van der Waals surface area contributed by atoms with Crippen molar-refractivity contribution in [2.45, 2.75) is 52.2 Å². The molecule has 0 aliphatic rings. The Morgan fingerprint density at radius 3 is 2.22 bits per heavy atom. The van der Waals surface area contributed by atoms with E-state index in [1.54, 1.807) is 0 Å². The van der Waals surface area contributed by atoms with Gasteiger partial charge in [-0.1, -0.05) is 6.92 Å². The van der Waals surface area contributed by atoms with Crippen LogP contribution in [0.15, 0.2) is 0 Å². The van der Waals surface area contributed by atoms with Crippen LogP contribution in [0.4, 0.5) is 0 Å². The maximum atomic E-state index is 9.11. The topological polar surface area (TPSA) is 42.3 Å². The van der Waals surface area contributed by atoms with Crippen molar-refractivity contribution in [3.05, 3.63) is 0 Å². The van der Waals surface area contributed by atoms with Gasteiger partial charge in [0.1, 0.15) is 0 Å². The molecule has 0 aliphatic heterocycles. The molecule has 106 valence electrons. The highest BCUT2D eigenvalue weighted by Crippen LogP contribution is 2.04. The highest BCUT2D eigenvalue weighted by atomic mass is 15.2. The molecule has 0 fully saturated rings. The summed E-state index contributed by atoms with van der Waals surface area (Å²) in [5.41, 5.74) is 0. The van der Waals surface area contributed by atoms with Crippen molar-refractivity contribution >= 4 is 0 Å². The second-order valence-corrected chi connectivity index (χ2v) is 5.53. The van der Waals surface area contributed by atoms with Crippen molar-refractivity contribution in [3.8, 4) is 6.07 Å². The van der Waals surface area contributed by atoms with E-state index in [1.807, 2.05) is 0 Å². The van der Waals surface area contributed by atoms with Gasteiger partial charge in [-0.2, -0.15) is 5.26 Å². The van der Waals surface area contributed by atoms with Crippen LogP contribution >= 0.6 is 0 Å². The van der Waals surface area contributed by atoms with Crippen LogP contribution in [-0.2, 0) is 0 Å². The van der Waals surface area contributed by atoms with E-state index < -0.39 is 0 Å². The van der Waals surface area contributed by atoms with Gasteiger partial charge in [0.25, 0.3) is 0 Å². The summed E-state index contributed by atoms with van der Waals surface area (Å²) in [7, 11) is 4.20. The normalized spacial score (nSPS) is 15.1. The zero-order valence-electron chi connectivity index (χ0n) is 12.9. The molecule has 0 aromatic heterocycles. The summed E-state index contributed by atoms with van der Waals surface area (Å²) in [6.07, 6.45) is 0.889. The number of nitrogens with zero attached hydrogens (tertiary/aromatic N) is 3. The average molecular weight is 254 g/mol. The molecular formula is C14H30N4. The van der Waals surface area contributed by atoms with E-state index in [9.17, 15) is 0 Å². The fourth-order valence-electron chi connectivity index (χ4n) is 2.22. The molecule has 0 heterocycles. The van der Waals surface area contributed by atoms with Crippen molar-refractivity contribution in [3.63, 3.8) is 0 Å². The molecule has 1 N–H and O–H groups in total. The van der Waals surface area contributed by atoms with Crippen molar-refractivity contribution < 1.29 is 0 Å². The summed E-state index contributed by atoms with van der Waals surface area (Å²) in [4.78, 5) is 4.65. The van der Waals surface area contributed by atoms with Gasteiger partial charge >= 0.3 is 0 Å². The molecule has 0 radical (unpaired) electrons. The standard InChI is InChI=1S/C14H30N4/c1-7-18(13(4)11-17(5)6)9-8-14(10-15)16-12(2)3/h12-14,16H,7-9,11H2,1-6H3. The lowest BCUT2D eigenvalue weighted by molar-refractivity contribution is 0.176. The third-order valence-electron chi connectivity index (χ3n) is 3.05. The second-order valence-electron chi connectivity index (χ2n) is 5.53. The Bertz CT molecular complexity index is 245. The molecule has 0 amide bonds. The Hall–Kier alpha value is -0.630. The fraction of sp³-hybridized carbons (Fsp3) is 0.929. The summed E-state index contributed by atoms with van der Waals surface area (Å²) in [6, 6.07) is 3.20. The fourth-order valence-corrected chi connectivity index (χ4v) is 2.22. The van der Waals surface area contributed by atoms with Crippen molar-refractivity contribution in [1.82, 2.24) is 15.1 Å². The van der Waals surface area contributed by atoms with Gasteiger partial charge in [-0.3, -0.25) is 10.2 Å². The van der Waals surface area contributed by atoms with Gasteiger partial charge in [-0.25, -0.2) is 0 Å².